The van der Waals surface area contributed by atoms with Crippen LogP contribution in [0.2, 0.25) is 10.0 Å². The quantitative estimate of drug-likeness (QED) is 0.695. The molecule has 0 atom stereocenters. The van der Waals surface area contributed by atoms with Crippen LogP contribution in [0.4, 0.5) is 11.5 Å². The molecule has 9 heteroatoms. The molecule has 1 aromatic carbocycles. The van der Waals surface area contributed by atoms with Crippen LogP contribution in [0.1, 0.15) is 26.6 Å². The number of amides is 2. The van der Waals surface area contributed by atoms with Crippen molar-refractivity contribution in [3.63, 3.8) is 0 Å². The normalized spacial score (nSPS) is 10.4. The summed E-state index contributed by atoms with van der Waals surface area (Å²) in [6, 6.07) is 9.13. The zero-order chi connectivity index (χ0) is 18.7. The molecule has 0 saturated carbocycles. The lowest BCUT2D eigenvalue weighted by atomic mass is 10.2. The lowest BCUT2D eigenvalue weighted by Gasteiger charge is -2.07. The Morgan fingerprint density at radius 1 is 1.00 bits per heavy atom. The fourth-order valence-electron chi connectivity index (χ4n) is 2.08. The second-order valence-electron chi connectivity index (χ2n) is 5.29. The maximum Gasteiger partial charge on any atom is 0.274 e. The van der Waals surface area contributed by atoms with Gasteiger partial charge in [-0.2, -0.15) is 0 Å². The molecule has 0 saturated heterocycles. The Morgan fingerprint density at radius 3 is 2.50 bits per heavy atom. The molecule has 0 radical (unpaired) electrons. The second-order valence-corrected chi connectivity index (χ2v) is 6.10. The van der Waals surface area contributed by atoms with E-state index in [1.807, 2.05) is 0 Å². The van der Waals surface area contributed by atoms with Crippen LogP contribution in [0, 0.1) is 6.92 Å². The lowest BCUT2D eigenvalue weighted by Crippen LogP contribution is -2.17. The van der Waals surface area contributed by atoms with Crippen LogP contribution in [0.15, 0.2) is 47.1 Å². The van der Waals surface area contributed by atoms with Gasteiger partial charge in [0.1, 0.15) is 11.5 Å². The first-order valence-electron chi connectivity index (χ1n) is 7.39. The Kier molecular flexibility index (Phi) is 5.20. The van der Waals surface area contributed by atoms with Crippen molar-refractivity contribution in [2.75, 3.05) is 10.6 Å². The van der Waals surface area contributed by atoms with E-state index in [1.54, 1.807) is 25.1 Å². The molecule has 132 valence electrons. The van der Waals surface area contributed by atoms with Crippen LogP contribution in [0.25, 0.3) is 0 Å². The Labute approximate surface area is 158 Å². The predicted octanol–water partition coefficient (Wildman–Crippen LogP) is 4.19. The van der Waals surface area contributed by atoms with Crippen molar-refractivity contribution in [3.05, 3.63) is 69.7 Å². The fraction of sp³-hybridized carbons (Fsp3) is 0.0588. The Hall–Kier alpha value is -2.90. The van der Waals surface area contributed by atoms with E-state index >= 15 is 0 Å². The van der Waals surface area contributed by atoms with Crippen LogP contribution >= 0.6 is 23.2 Å². The zero-order valence-electron chi connectivity index (χ0n) is 13.4. The van der Waals surface area contributed by atoms with Gasteiger partial charge in [-0.25, -0.2) is 0 Å². The standard InChI is InChI=1S/C17H12Cl2N4O3/c1-9-6-15(23-26-9)22-16(24)10-4-5-20-14(7-10)17(25)21-11-2-3-12(18)13(19)8-11/h2-8H,1H3,(H,21,25)(H,22,23,24). The summed E-state index contributed by atoms with van der Waals surface area (Å²) in [6.45, 7) is 1.71. The third-order valence-electron chi connectivity index (χ3n) is 3.30. The van der Waals surface area contributed by atoms with E-state index in [2.05, 4.69) is 20.8 Å². The molecule has 2 N–H and O–H groups in total. The molecule has 7 nitrogen and oxygen atoms in total. The average Bonchev–Trinajstić information content (AvgIpc) is 3.03. The highest BCUT2D eigenvalue weighted by molar-refractivity contribution is 6.42. The summed E-state index contributed by atoms with van der Waals surface area (Å²) in [6.07, 6.45) is 1.37. The molecule has 0 unspecified atom stereocenters. The summed E-state index contributed by atoms with van der Waals surface area (Å²) in [5.74, 6) is -0.0811. The van der Waals surface area contributed by atoms with Gasteiger partial charge >= 0.3 is 0 Å². The van der Waals surface area contributed by atoms with Crippen LogP contribution in [0.5, 0.6) is 0 Å². The molecule has 0 aliphatic carbocycles. The number of carbonyl (C=O) groups excluding carboxylic acids is 2. The first kappa shape index (κ1) is 17.9. The fourth-order valence-corrected chi connectivity index (χ4v) is 2.38. The molecule has 0 bridgehead atoms. The number of hydrogen-bond donors (Lipinski definition) is 2. The van der Waals surface area contributed by atoms with E-state index in [4.69, 9.17) is 27.7 Å². The number of rotatable bonds is 4. The molecule has 0 spiro atoms. The van der Waals surface area contributed by atoms with E-state index in [1.165, 1.54) is 24.4 Å². The minimum Gasteiger partial charge on any atom is -0.360 e. The zero-order valence-corrected chi connectivity index (χ0v) is 14.9. The van der Waals surface area contributed by atoms with Crippen LogP contribution < -0.4 is 10.6 Å². The number of benzene rings is 1. The SMILES string of the molecule is Cc1cc(NC(=O)c2ccnc(C(=O)Nc3ccc(Cl)c(Cl)c3)c2)no1. The summed E-state index contributed by atoms with van der Waals surface area (Å²) in [4.78, 5) is 28.6. The number of carbonyl (C=O) groups is 2. The summed E-state index contributed by atoms with van der Waals surface area (Å²) >= 11 is 11.8. The highest BCUT2D eigenvalue weighted by atomic mass is 35.5. The maximum atomic E-state index is 12.3. The molecule has 2 amide bonds. The van der Waals surface area contributed by atoms with Crippen molar-refractivity contribution in [3.8, 4) is 0 Å². The van der Waals surface area contributed by atoms with Crippen molar-refractivity contribution in [2.24, 2.45) is 0 Å². The van der Waals surface area contributed by atoms with Gasteiger partial charge in [-0.3, -0.25) is 14.6 Å². The van der Waals surface area contributed by atoms with E-state index < -0.39 is 11.8 Å². The van der Waals surface area contributed by atoms with E-state index in [-0.39, 0.29) is 17.1 Å². The number of aromatic nitrogens is 2. The first-order chi connectivity index (χ1) is 12.4. The number of halogens is 2. The van der Waals surface area contributed by atoms with Crippen molar-refractivity contribution in [2.45, 2.75) is 6.92 Å². The van der Waals surface area contributed by atoms with Gasteiger partial charge in [-0.05, 0) is 37.3 Å². The molecule has 2 heterocycles. The Balaban J connectivity index is 1.74. The monoisotopic (exact) mass is 390 g/mol. The average molecular weight is 391 g/mol. The van der Waals surface area contributed by atoms with Crippen molar-refractivity contribution >= 4 is 46.5 Å². The highest BCUT2D eigenvalue weighted by Crippen LogP contribution is 2.25. The smallest absolute Gasteiger partial charge is 0.274 e. The second kappa shape index (κ2) is 7.55. The Bertz CT molecular complexity index is 988. The number of nitrogens with one attached hydrogen (secondary N) is 2. The summed E-state index contributed by atoms with van der Waals surface area (Å²) < 4.78 is 4.89. The van der Waals surface area contributed by atoms with Gasteiger partial charge in [0, 0.05) is 23.5 Å². The lowest BCUT2D eigenvalue weighted by molar-refractivity contribution is 0.102. The minimum absolute atomic E-state index is 0.0695. The number of aryl methyl sites for hydroxylation is 1. The molecule has 3 aromatic rings. The maximum absolute atomic E-state index is 12.3. The van der Waals surface area contributed by atoms with Gasteiger partial charge < -0.3 is 15.2 Å². The summed E-state index contributed by atoms with van der Waals surface area (Å²) in [5.41, 5.74) is 0.777. The van der Waals surface area contributed by atoms with Crippen LogP contribution in [-0.4, -0.2) is 22.0 Å². The van der Waals surface area contributed by atoms with Crippen LogP contribution in [0.3, 0.4) is 0 Å². The van der Waals surface area contributed by atoms with E-state index in [0.717, 1.165) is 0 Å². The third-order valence-corrected chi connectivity index (χ3v) is 4.04. The van der Waals surface area contributed by atoms with Gasteiger partial charge in [-0.15, -0.1) is 0 Å². The van der Waals surface area contributed by atoms with Gasteiger partial charge in [0.15, 0.2) is 5.82 Å². The summed E-state index contributed by atoms with van der Waals surface area (Å²) in [7, 11) is 0. The molecule has 3 rings (SSSR count). The van der Waals surface area contributed by atoms with Gasteiger partial charge in [0.25, 0.3) is 11.8 Å². The number of nitrogens with zero attached hydrogens (tertiary/aromatic N) is 2. The topological polar surface area (TPSA) is 97.1 Å². The van der Waals surface area contributed by atoms with Crippen molar-refractivity contribution in [1.29, 1.82) is 0 Å². The van der Waals surface area contributed by atoms with E-state index in [9.17, 15) is 9.59 Å². The molecular formula is C17H12Cl2N4O3. The van der Waals surface area contributed by atoms with Crippen molar-refractivity contribution in [1.82, 2.24) is 10.1 Å². The molecule has 2 aromatic heterocycles. The minimum atomic E-state index is -0.490. The summed E-state index contributed by atoms with van der Waals surface area (Å²) in [5, 5.41) is 9.59. The number of anilines is 2. The van der Waals surface area contributed by atoms with E-state index in [0.29, 0.717) is 21.5 Å². The number of pyridine rings is 1. The predicted molar refractivity (Wildman–Crippen MR) is 97.8 cm³/mol. The van der Waals surface area contributed by atoms with Crippen LogP contribution in [-0.2, 0) is 0 Å². The van der Waals surface area contributed by atoms with Gasteiger partial charge in [-0.1, -0.05) is 28.4 Å². The van der Waals surface area contributed by atoms with Crippen molar-refractivity contribution < 1.29 is 14.1 Å². The first-order valence-corrected chi connectivity index (χ1v) is 8.15. The third kappa shape index (κ3) is 4.19. The molecule has 26 heavy (non-hydrogen) atoms. The van der Waals surface area contributed by atoms with Gasteiger partial charge in [0.05, 0.1) is 10.0 Å². The molecule has 0 aliphatic heterocycles. The van der Waals surface area contributed by atoms with Gasteiger partial charge in [0.2, 0.25) is 0 Å². The highest BCUT2D eigenvalue weighted by Gasteiger charge is 2.14. The molecule has 0 aliphatic rings. The number of hydrogen-bond acceptors (Lipinski definition) is 5. The largest absolute Gasteiger partial charge is 0.360 e. The Morgan fingerprint density at radius 2 is 1.81 bits per heavy atom. The molecule has 0 fully saturated rings. The molecular weight excluding hydrogens is 379 g/mol.